The molecule has 0 bridgehead atoms. The first-order chi connectivity index (χ1) is 13.4. The lowest BCUT2D eigenvalue weighted by atomic mass is 10.0. The van der Waals surface area contributed by atoms with E-state index in [1.807, 2.05) is 36.4 Å². The zero-order valence-corrected chi connectivity index (χ0v) is 16.9. The predicted octanol–water partition coefficient (Wildman–Crippen LogP) is 6.32. The van der Waals surface area contributed by atoms with Gasteiger partial charge < -0.3 is 10.6 Å². The second kappa shape index (κ2) is 8.70. The number of amides is 1. The summed E-state index contributed by atoms with van der Waals surface area (Å²) in [5.74, 6) is 1.29. The lowest BCUT2D eigenvalue weighted by molar-refractivity contribution is 0.102. The minimum atomic E-state index is -0.188. The van der Waals surface area contributed by atoms with Crippen LogP contribution < -0.4 is 10.6 Å². The average molecular weight is 374 g/mol. The Morgan fingerprint density at radius 1 is 0.786 bits per heavy atom. The van der Waals surface area contributed by atoms with Crippen molar-refractivity contribution in [2.45, 2.75) is 39.5 Å². The fourth-order valence-corrected chi connectivity index (χ4v) is 2.93. The number of aromatic nitrogens is 1. The van der Waals surface area contributed by atoms with Gasteiger partial charge in [0.25, 0.3) is 5.91 Å². The molecule has 4 nitrogen and oxygen atoms in total. The highest BCUT2D eigenvalue weighted by molar-refractivity contribution is 6.07. The molecule has 0 fully saturated rings. The van der Waals surface area contributed by atoms with Gasteiger partial charge in [-0.3, -0.25) is 4.79 Å². The number of rotatable bonds is 6. The largest absolute Gasteiger partial charge is 0.340 e. The molecular weight excluding hydrogens is 346 g/mol. The predicted molar refractivity (Wildman–Crippen MR) is 117 cm³/mol. The van der Waals surface area contributed by atoms with Crippen molar-refractivity contribution in [3.63, 3.8) is 0 Å². The van der Waals surface area contributed by atoms with E-state index in [9.17, 15) is 4.79 Å². The number of hydrogen-bond donors (Lipinski definition) is 2. The van der Waals surface area contributed by atoms with E-state index in [0.717, 1.165) is 11.4 Å². The van der Waals surface area contributed by atoms with Crippen molar-refractivity contribution in [2.75, 3.05) is 10.6 Å². The number of hydrogen-bond acceptors (Lipinski definition) is 3. The van der Waals surface area contributed by atoms with Crippen LogP contribution in [0.3, 0.4) is 0 Å². The van der Waals surface area contributed by atoms with Gasteiger partial charge in [0, 0.05) is 17.6 Å². The second-order valence-corrected chi connectivity index (χ2v) is 7.53. The quantitative estimate of drug-likeness (QED) is 0.531. The minimum Gasteiger partial charge on any atom is -0.340 e. The van der Waals surface area contributed by atoms with Gasteiger partial charge in [0.1, 0.15) is 5.82 Å². The summed E-state index contributed by atoms with van der Waals surface area (Å²) < 4.78 is 0. The van der Waals surface area contributed by atoms with Crippen molar-refractivity contribution in [2.24, 2.45) is 0 Å². The molecule has 144 valence electrons. The zero-order chi connectivity index (χ0) is 20.1. The Morgan fingerprint density at radius 3 is 1.86 bits per heavy atom. The van der Waals surface area contributed by atoms with Crippen LogP contribution in [-0.4, -0.2) is 10.9 Å². The topological polar surface area (TPSA) is 54.0 Å². The standard InChI is InChI=1S/C24H27N3O/c1-16(2)18-7-11-20(12-8-18)26-23-22(6-5-15-25-23)24(28)27-21-13-9-19(10-14-21)17(3)4/h5-17H,1-4H3,(H,25,26)(H,27,28). The molecule has 0 aliphatic rings. The van der Waals surface area contributed by atoms with Gasteiger partial charge in [0.05, 0.1) is 5.56 Å². The summed E-state index contributed by atoms with van der Waals surface area (Å²) in [6.07, 6.45) is 1.68. The summed E-state index contributed by atoms with van der Waals surface area (Å²) in [4.78, 5) is 17.2. The molecule has 0 aliphatic carbocycles. The number of carbonyl (C=O) groups excluding carboxylic acids is 1. The first-order valence-electron chi connectivity index (χ1n) is 9.67. The Labute approximate surface area is 167 Å². The Morgan fingerprint density at radius 2 is 1.32 bits per heavy atom. The third-order valence-corrected chi connectivity index (χ3v) is 4.73. The summed E-state index contributed by atoms with van der Waals surface area (Å²) in [6.45, 7) is 8.62. The fraction of sp³-hybridized carbons (Fsp3) is 0.250. The first-order valence-corrected chi connectivity index (χ1v) is 9.67. The maximum atomic E-state index is 12.8. The van der Waals surface area contributed by atoms with Gasteiger partial charge in [0.2, 0.25) is 0 Å². The molecule has 0 saturated carbocycles. The maximum absolute atomic E-state index is 12.8. The minimum absolute atomic E-state index is 0.188. The van der Waals surface area contributed by atoms with Gasteiger partial charge in [-0.15, -0.1) is 0 Å². The van der Waals surface area contributed by atoms with Crippen LogP contribution in [0, 0.1) is 0 Å². The molecule has 1 heterocycles. The number of benzene rings is 2. The van der Waals surface area contributed by atoms with E-state index in [-0.39, 0.29) is 5.91 Å². The van der Waals surface area contributed by atoms with Crippen LogP contribution in [0.15, 0.2) is 66.9 Å². The molecule has 1 amide bonds. The van der Waals surface area contributed by atoms with Gasteiger partial charge in [-0.1, -0.05) is 52.0 Å². The highest BCUT2D eigenvalue weighted by atomic mass is 16.1. The van der Waals surface area contributed by atoms with Crippen LogP contribution in [0.1, 0.15) is 61.0 Å². The van der Waals surface area contributed by atoms with Crippen molar-refractivity contribution in [1.82, 2.24) is 4.98 Å². The number of nitrogens with one attached hydrogen (secondary N) is 2. The summed E-state index contributed by atoms with van der Waals surface area (Å²) in [5.41, 5.74) is 4.69. The molecule has 0 unspecified atom stereocenters. The van der Waals surface area contributed by atoms with Crippen LogP contribution in [0.4, 0.5) is 17.2 Å². The summed E-state index contributed by atoms with van der Waals surface area (Å²) in [6, 6.07) is 19.7. The smallest absolute Gasteiger partial charge is 0.259 e. The van der Waals surface area contributed by atoms with Gasteiger partial charge in [-0.2, -0.15) is 0 Å². The van der Waals surface area contributed by atoms with Crippen LogP contribution in [0.25, 0.3) is 0 Å². The number of anilines is 3. The number of carbonyl (C=O) groups is 1. The highest BCUT2D eigenvalue weighted by Gasteiger charge is 2.13. The van der Waals surface area contributed by atoms with Crippen LogP contribution in [0.2, 0.25) is 0 Å². The maximum Gasteiger partial charge on any atom is 0.259 e. The molecule has 0 atom stereocenters. The average Bonchev–Trinajstić information content (AvgIpc) is 2.69. The zero-order valence-electron chi connectivity index (χ0n) is 16.9. The van der Waals surface area contributed by atoms with Gasteiger partial charge in [0.15, 0.2) is 0 Å². The molecular formula is C24H27N3O. The van der Waals surface area contributed by atoms with E-state index in [4.69, 9.17) is 0 Å². The van der Waals surface area contributed by atoms with Crippen LogP contribution in [-0.2, 0) is 0 Å². The SMILES string of the molecule is CC(C)c1ccc(NC(=O)c2cccnc2Nc2ccc(C(C)C)cc2)cc1. The number of pyridine rings is 1. The number of nitrogens with zero attached hydrogens (tertiary/aromatic N) is 1. The van der Waals surface area contributed by atoms with Crippen molar-refractivity contribution in [1.29, 1.82) is 0 Å². The normalized spacial score (nSPS) is 10.9. The molecule has 1 aromatic heterocycles. The first kappa shape index (κ1) is 19.6. The molecule has 3 rings (SSSR count). The molecule has 0 aliphatic heterocycles. The summed E-state index contributed by atoms with van der Waals surface area (Å²) in [7, 11) is 0. The molecule has 4 heteroatoms. The summed E-state index contributed by atoms with van der Waals surface area (Å²) in [5, 5.41) is 6.21. The van der Waals surface area contributed by atoms with Crippen molar-refractivity contribution in [3.8, 4) is 0 Å². The molecule has 0 saturated heterocycles. The molecule has 3 aromatic rings. The molecule has 0 radical (unpaired) electrons. The van der Waals surface area contributed by atoms with Gasteiger partial charge >= 0.3 is 0 Å². The Hall–Kier alpha value is -3.14. The Kier molecular flexibility index (Phi) is 6.09. The third kappa shape index (κ3) is 4.77. The molecule has 28 heavy (non-hydrogen) atoms. The monoisotopic (exact) mass is 373 g/mol. The van der Waals surface area contributed by atoms with Crippen LogP contribution >= 0.6 is 0 Å². The van der Waals surface area contributed by atoms with E-state index in [1.165, 1.54) is 11.1 Å². The van der Waals surface area contributed by atoms with Gasteiger partial charge in [-0.05, 0) is 59.4 Å². The van der Waals surface area contributed by atoms with Gasteiger partial charge in [-0.25, -0.2) is 4.98 Å². The molecule has 2 N–H and O–H groups in total. The van der Waals surface area contributed by atoms with E-state index >= 15 is 0 Å². The van der Waals surface area contributed by atoms with Crippen LogP contribution in [0.5, 0.6) is 0 Å². The Bertz CT molecular complexity index is 929. The summed E-state index contributed by atoms with van der Waals surface area (Å²) >= 11 is 0. The van der Waals surface area contributed by atoms with E-state index < -0.39 is 0 Å². The van der Waals surface area contributed by atoms with Crippen molar-refractivity contribution >= 4 is 23.1 Å². The third-order valence-electron chi connectivity index (χ3n) is 4.73. The van der Waals surface area contributed by atoms with Crippen molar-refractivity contribution < 1.29 is 4.79 Å². The van der Waals surface area contributed by atoms with E-state index in [2.05, 4.69) is 55.4 Å². The fourth-order valence-electron chi connectivity index (χ4n) is 2.93. The van der Waals surface area contributed by atoms with Crippen molar-refractivity contribution in [3.05, 3.63) is 83.6 Å². The second-order valence-electron chi connectivity index (χ2n) is 7.53. The lowest BCUT2D eigenvalue weighted by Crippen LogP contribution is -2.14. The lowest BCUT2D eigenvalue weighted by Gasteiger charge is -2.13. The molecule has 2 aromatic carbocycles. The Balaban J connectivity index is 1.76. The van der Waals surface area contributed by atoms with E-state index in [1.54, 1.807) is 18.3 Å². The molecule has 0 spiro atoms. The van der Waals surface area contributed by atoms with E-state index in [0.29, 0.717) is 23.2 Å². The highest BCUT2D eigenvalue weighted by Crippen LogP contribution is 2.23.